The van der Waals surface area contributed by atoms with Crippen molar-refractivity contribution in [2.45, 2.75) is 119 Å². The van der Waals surface area contributed by atoms with Crippen LogP contribution < -0.4 is 5.73 Å². The van der Waals surface area contributed by atoms with E-state index in [1.54, 1.807) is 0 Å². The number of nitrogens with two attached hydrogens (primary N) is 1. The van der Waals surface area contributed by atoms with Gasteiger partial charge in [0.1, 0.15) is 12.2 Å². The van der Waals surface area contributed by atoms with Gasteiger partial charge in [-0.25, -0.2) is 4.79 Å². The van der Waals surface area contributed by atoms with E-state index in [2.05, 4.69) is 60.6 Å². The number of cyclic esters (lactones) is 1. The molecule has 9 atom stereocenters. The fraction of sp³-hybridized carbons (Fsp3) is 0.750. The molecule has 1 amide bonds. The zero-order valence-corrected chi connectivity index (χ0v) is 25.2. The summed E-state index contributed by atoms with van der Waals surface area (Å²) in [5, 5.41) is 0. The molecule has 0 aromatic carbocycles. The Morgan fingerprint density at radius 3 is 2.55 bits per heavy atom. The normalized spacial score (nSPS) is 33.8. The SMILES string of the molecule is CCC(C)C(C)C1OC1CC(C)/C=C/C=C(\C)C1OC(=O)CC(C)CCC(C)(C)C(OC(N)=O)/C=C/C1C. The van der Waals surface area contributed by atoms with E-state index >= 15 is 0 Å². The molecule has 1 fully saturated rings. The monoisotopic (exact) mass is 531 g/mol. The van der Waals surface area contributed by atoms with Crippen molar-refractivity contribution in [2.75, 3.05) is 0 Å². The fourth-order valence-corrected chi connectivity index (χ4v) is 5.35. The maximum Gasteiger partial charge on any atom is 0.405 e. The van der Waals surface area contributed by atoms with Crippen molar-refractivity contribution in [3.05, 3.63) is 36.0 Å². The lowest BCUT2D eigenvalue weighted by molar-refractivity contribution is -0.149. The molecule has 0 aromatic heterocycles. The summed E-state index contributed by atoms with van der Waals surface area (Å²) < 4.78 is 17.5. The second kappa shape index (κ2) is 14.3. The minimum atomic E-state index is -0.781. The zero-order chi connectivity index (χ0) is 28.6. The van der Waals surface area contributed by atoms with Gasteiger partial charge in [0.15, 0.2) is 0 Å². The number of amides is 1. The van der Waals surface area contributed by atoms with Gasteiger partial charge in [-0.05, 0) is 61.5 Å². The zero-order valence-electron chi connectivity index (χ0n) is 25.2. The summed E-state index contributed by atoms with van der Waals surface area (Å²) in [5.41, 5.74) is 6.05. The molecule has 216 valence electrons. The molecule has 2 N–H and O–H groups in total. The number of hydrogen-bond acceptors (Lipinski definition) is 5. The van der Waals surface area contributed by atoms with E-state index in [0.29, 0.717) is 36.4 Å². The van der Waals surface area contributed by atoms with Gasteiger partial charge in [0, 0.05) is 17.8 Å². The van der Waals surface area contributed by atoms with Gasteiger partial charge in [-0.1, -0.05) is 86.1 Å². The van der Waals surface area contributed by atoms with Crippen molar-refractivity contribution >= 4 is 12.1 Å². The van der Waals surface area contributed by atoms with Crippen molar-refractivity contribution in [3.63, 3.8) is 0 Å². The fourth-order valence-electron chi connectivity index (χ4n) is 5.35. The minimum Gasteiger partial charge on any atom is -0.457 e. The first-order chi connectivity index (χ1) is 17.7. The highest BCUT2D eigenvalue weighted by atomic mass is 16.6. The van der Waals surface area contributed by atoms with Gasteiger partial charge in [-0.3, -0.25) is 4.79 Å². The topological polar surface area (TPSA) is 91.2 Å². The number of epoxide rings is 1. The van der Waals surface area contributed by atoms with Gasteiger partial charge in [0.05, 0.1) is 12.2 Å². The average Bonchev–Trinajstić information content (AvgIpc) is 3.60. The molecule has 6 nitrogen and oxygen atoms in total. The quantitative estimate of drug-likeness (QED) is 0.145. The third-order valence-electron chi connectivity index (χ3n) is 8.67. The molecule has 9 unspecified atom stereocenters. The van der Waals surface area contributed by atoms with E-state index in [4.69, 9.17) is 19.9 Å². The molecule has 2 aliphatic rings. The molecule has 0 aliphatic carbocycles. The lowest BCUT2D eigenvalue weighted by atomic mass is 9.78. The van der Waals surface area contributed by atoms with Crippen molar-refractivity contribution in [1.82, 2.24) is 0 Å². The van der Waals surface area contributed by atoms with E-state index in [9.17, 15) is 9.59 Å². The van der Waals surface area contributed by atoms with Crippen LogP contribution >= 0.6 is 0 Å². The van der Waals surface area contributed by atoms with Crippen LogP contribution in [0.1, 0.15) is 94.4 Å². The highest BCUT2D eigenvalue weighted by molar-refractivity contribution is 5.70. The summed E-state index contributed by atoms with van der Waals surface area (Å²) in [6.07, 6.45) is 13.5. The van der Waals surface area contributed by atoms with Crippen LogP contribution in [0.25, 0.3) is 0 Å². The Hall–Kier alpha value is -2.08. The van der Waals surface area contributed by atoms with Crippen LogP contribution in [0.15, 0.2) is 36.0 Å². The van der Waals surface area contributed by atoms with Gasteiger partial charge < -0.3 is 19.9 Å². The molecule has 0 radical (unpaired) electrons. The Bertz CT molecular complexity index is 875. The molecule has 0 saturated carbocycles. The minimum absolute atomic E-state index is 0.104. The molecule has 0 aromatic rings. The summed E-state index contributed by atoms with van der Waals surface area (Å²) in [4.78, 5) is 24.4. The predicted octanol–water partition coefficient (Wildman–Crippen LogP) is 7.38. The van der Waals surface area contributed by atoms with E-state index in [1.165, 1.54) is 6.42 Å². The number of primary amides is 1. The van der Waals surface area contributed by atoms with Crippen molar-refractivity contribution < 1.29 is 23.8 Å². The highest BCUT2D eigenvalue weighted by Gasteiger charge is 2.44. The van der Waals surface area contributed by atoms with Crippen LogP contribution in [0, 0.1) is 35.0 Å². The summed E-state index contributed by atoms with van der Waals surface area (Å²) in [6, 6.07) is 0. The maximum atomic E-state index is 12.8. The molecule has 2 aliphatic heterocycles. The predicted molar refractivity (Wildman–Crippen MR) is 153 cm³/mol. The van der Waals surface area contributed by atoms with E-state index < -0.39 is 18.3 Å². The number of ether oxygens (including phenoxy) is 3. The third-order valence-corrected chi connectivity index (χ3v) is 8.67. The lowest BCUT2D eigenvalue weighted by Crippen LogP contribution is -2.35. The molecule has 2 rings (SSSR count). The largest absolute Gasteiger partial charge is 0.457 e. The van der Waals surface area contributed by atoms with Crippen molar-refractivity contribution in [3.8, 4) is 0 Å². The number of esters is 1. The van der Waals surface area contributed by atoms with E-state index in [0.717, 1.165) is 24.8 Å². The summed E-state index contributed by atoms with van der Waals surface area (Å²) in [6.45, 7) is 19.3. The van der Waals surface area contributed by atoms with E-state index in [-0.39, 0.29) is 23.2 Å². The van der Waals surface area contributed by atoms with Crippen LogP contribution in [0.5, 0.6) is 0 Å². The molecule has 6 heteroatoms. The van der Waals surface area contributed by atoms with E-state index in [1.807, 2.05) is 32.1 Å². The number of rotatable bonds is 9. The first-order valence-electron chi connectivity index (χ1n) is 14.6. The van der Waals surface area contributed by atoms with Gasteiger partial charge in [-0.2, -0.15) is 0 Å². The Labute approximate surface area is 231 Å². The Kier molecular flexibility index (Phi) is 12.1. The van der Waals surface area contributed by atoms with Gasteiger partial charge in [0.2, 0.25) is 0 Å². The van der Waals surface area contributed by atoms with Crippen molar-refractivity contribution in [1.29, 1.82) is 0 Å². The first-order valence-corrected chi connectivity index (χ1v) is 14.6. The number of allylic oxidation sites excluding steroid dienone is 3. The van der Waals surface area contributed by atoms with Crippen LogP contribution in [0.3, 0.4) is 0 Å². The molecular formula is C32H53NO5. The van der Waals surface area contributed by atoms with Crippen LogP contribution in [-0.2, 0) is 19.0 Å². The summed E-state index contributed by atoms with van der Waals surface area (Å²) in [5.74, 6) is 1.55. The maximum absolute atomic E-state index is 12.8. The summed E-state index contributed by atoms with van der Waals surface area (Å²) >= 11 is 0. The summed E-state index contributed by atoms with van der Waals surface area (Å²) in [7, 11) is 0. The van der Waals surface area contributed by atoms with Crippen molar-refractivity contribution in [2.24, 2.45) is 40.7 Å². The Morgan fingerprint density at radius 1 is 1.24 bits per heavy atom. The van der Waals surface area contributed by atoms with Crippen LogP contribution in [0.2, 0.25) is 0 Å². The van der Waals surface area contributed by atoms with Gasteiger partial charge >= 0.3 is 12.1 Å². The molecule has 0 spiro atoms. The second-order valence-corrected chi connectivity index (χ2v) is 12.7. The van der Waals surface area contributed by atoms with Gasteiger partial charge in [-0.15, -0.1) is 0 Å². The standard InChI is InChI=1S/C32H53NO5/c1-10-22(4)25(7)30-26(36-30)18-20(2)12-11-13-23(5)29-24(6)14-15-27(37-31(33)35)32(8,9)17-16-21(3)19-28(34)38-29/h11-15,20-22,24-27,29-30H,10,16-19H2,1-9H3,(H2,33,35)/b12-11+,15-14+,23-13+. The highest BCUT2D eigenvalue weighted by Crippen LogP contribution is 2.38. The first kappa shape index (κ1) is 32.1. The Balaban J connectivity index is 2.12. The molecule has 1 saturated heterocycles. The molecule has 0 bridgehead atoms. The van der Waals surface area contributed by atoms with Crippen LogP contribution in [-0.4, -0.2) is 36.5 Å². The third kappa shape index (κ3) is 9.91. The smallest absolute Gasteiger partial charge is 0.405 e. The molecular weight excluding hydrogens is 478 g/mol. The Morgan fingerprint density at radius 2 is 1.92 bits per heavy atom. The number of carbonyl (C=O) groups is 2. The second-order valence-electron chi connectivity index (χ2n) is 12.7. The lowest BCUT2D eigenvalue weighted by Gasteiger charge is -2.33. The average molecular weight is 532 g/mol. The number of carbonyl (C=O) groups excluding carboxylic acids is 2. The van der Waals surface area contributed by atoms with Gasteiger partial charge in [0.25, 0.3) is 0 Å². The number of hydrogen-bond donors (Lipinski definition) is 1. The molecule has 38 heavy (non-hydrogen) atoms. The van der Waals surface area contributed by atoms with Crippen LogP contribution in [0.4, 0.5) is 4.79 Å². The molecule has 2 heterocycles.